The minimum Gasteiger partial charge on any atom is -0.444 e. The number of alkyl halides is 4. The van der Waals surface area contributed by atoms with Gasteiger partial charge in [0.15, 0.2) is 0 Å². The van der Waals surface area contributed by atoms with Gasteiger partial charge in [-0.05, 0) is 126 Å². The molecule has 1 saturated carbocycles. The smallest absolute Gasteiger partial charge is 0.410 e. The van der Waals surface area contributed by atoms with Gasteiger partial charge in [0.25, 0.3) is 11.8 Å². The van der Waals surface area contributed by atoms with E-state index in [1.807, 2.05) is 62.6 Å². The monoisotopic (exact) mass is 999 g/mol. The van der Waals surface area contributed by atoms with Crippen molar-refractivity contribution in [3.8, 4) is 0 Å². The third-order valence-electron chi connectivity index (χ3n) is 14.0. The molecular formula is C52H90F4N8O6. The fourth-order valence-corrected chi connectivity index (χ4v) is 10.2. The number of fused-ring (bicyclic) bond motifs is 2. The van der Waals surface area contributed by atoms with Gasteiger partial charge in [-0.2, -0.15) is 10.2 Å². The van der Waals surface area contributed by atoms with Crippen molar-refractivity contribution >= 4 is 11.7 Å². The fraction of sp³-hybridized carbons (Fsp3) is 0.827. The molecule has 0 bridgehead atoms. The normalized spacial score (nSPS) is 19.1. The van der Waals surface area contributed by atoms with Gasteiger partial charge in [-0.15, -0.1) is 0 Å². The minimum absolute atomic E-state index is 0. The van der Waals surface area contributed by atoms with E-state index in [0.29, 0.717) is 84.7 Å². The number of halogens is 4. The summed E-state index contributed by atoms with van der Waals surface area (Å²) in [6, 6.07) is 0. The average Bonchev–Trinajstić information content (AvgIpc) is 3.97. The molecule has 4 aliphatic rings. The first-order chi connectivity index (χ1) is 32.6. The topological polar surface area (TPSA) is 121 Å². The first kappa shape index (κ1) is 59.4. The summed E-state index contributed by atoms with van der Waals surface area (Å²) < 4.78 is 88.7. The molecule has 4 heterocycles. The third kappa shape index (κ3) is 16.4. The molecule has 1 N–H and O–H groups in total. The maximum atomic E-state index is 14.3. The van der Waals surface area contributed by atoms with Crippen LogP contribution in [0.25, 0.3) is 5.57 Å². The van der Waals surface area contributed by atoms with Gasteiger partial charge >= 0.3 is 6.09 Å². The highest BCUT2D eigenvalue weighted by atomic mass is 19.3. The van der Waals surface area contributed by atoms with Crippen LogP contribution in [0.5, 0.6) is 0 Å². The molecule has 0 spiro atoms. The van der Waals surface area contributed by atoms with Crippen molar-refractivity contribution in [3.05, 3.63) is 40.0 Å². The van der Waals surface area contributed by atoms with Crippen LogP contribution in [0, 0.1) is 10.8 Å². The molecule has 0 atom stereocenters. The summed E-state index contributed by atoms with van der Waals surface area (Å²) in [5.41, 5.74) is 5.61. The van der Waals surface area contributed by atoms with Crippen molar-refractivity contribution in [1.82, 2.24) is 39.6 Å². The summed E-state index contributed by atoms with van der Waals surface area (Å²) in [5.74, 6) is -5.18. The minimum atomic E-state index is -2.78. The zero-order chi connectivity index (χ0) is 50.6. The predicted molar refractivity (Wildman–Crippen MR) is 268 cm³/mol. The van der Waals surface area contributed by atoms with Crippen LogP contribution in [0.4, 0.5) is 22.4 Å². The summed E-state index contributed by atoms with van der Waals surface area (Å²) in [5, 5.41) is 12.5. The Morgan fingerprint density at radius 3 is 1.76 bits per heavy atom. The molecule has 1 fully saturated rings. The van der Waals surface area contributed by atoms with E-state index in [-0.39, 0.29) is 56.2 Å². The van der Waals surface area contributed by atoms with Gasteiger partial charge in [-0.1, -0.05) is 13.5 Å². The molecule has 0 aromatic carbocycles. The van der Waals surface area contributed by atoms with Gasteiger partial charge in [0.05, 0.1) is 56.4 Å². The molecule has 14 nitrogen and oxygen atoms in total. The summed E-state index contributed by atoms with van der Waals surface area (Å²) in [6.45, 7) is 22.3. The Kier molecular flexibility index (Phi) is 22.2. The van der Waals surface area contributed by atoms with Gasteiger partial charge in [0, 0.05) is 100 Å². The number of aromatic nitrogens is 4. The molecule has 2 aromatic rings. The average molecular weight is 999 g/mol. The quantitative estimate of drug-likeness (QED) is 0.102. The molecule has 0 unspecified atom stereocenters. The number of nitrogens with zero attached hydrogens (tertiary/aromatic N) is 7. The highest BCUT2D eigenvalue weighted by Crippen LogP contribution is 2.48. The van der Waals surface area contributed by atoms with Crippen LogP contribution in [0.2, 0.25) is 0 Å². The SMILES string of the molecule is C.CCOCC1(COCC)CC=C(c2c(CN(C)CCN(C)C(=O)OC(C)(C)C)nn3c2CC(F)(F)C3)CC1.CCOCC1(COCC)CCC(c2c(CN(C)CCNC)nn3c2CC(F)(F)C3)CC1. The maximum Gasteiger partial charge on any atom is 0.410 e. The molecule has 2 aliphatic carbocycles. The second-order valence-corrected chi connectivity index (χ2v) is 21.2. The second-order valence-electron chi connectivity index (χ2n) is 21.2. The molecule has 2 aliphatic heterocycles. The lowest BCUT2D eigenvalue weighted by atomic mass is 9.69. The highest BCUT2D eigenvalue weighted by molar-refractivity contribution is 5.71. The number of hydrogen-bond donors (Lipinski definition) is 1. The van der Waals surface area contributed by atoms with Gasteiger partial charge in [-0.25, -0.2) is 22.4 Å². The number of rotatable bonds is 24. The highest BCUT2D eigenvalue weighted by Gasteiger charge is 2.45. The van der Waals surface area contributed by atoms with Crippen LogP contribution in [0.1, 0.15) is 141 Å². The Balaban J connectivity index is 0.000000306. The van der Waals surface area contributed by atoms with E-state index in [0.717, 1.165) is 91.8 Å². The van der Waals surface area contributed by atoms with Gasteiger partial charge in [-0.3, -0.25) is 19.2 Å². The fourth-order valence-electron chi connectivity index (χ4n) is 10.2. The van der Waals surface area contributed by atoms with Crippen LogP contribution < -0.4 is 5.32 Å². The molecule has 6 rings (SSSR count). The lowest BCUT2D eigenvalue weighted by Crippen LogP contribution is -2.38. The van der Waals surface area contributed by atoms with Gasteiger partial charge in [0.1, 0.15) is 18.7 Å². The van der Waals surface area contributed by atoms with Crippen LogP contribution in [-0.2, 0) is 62.7 Å². The number of allylic oxidation sites excluding steroid dienone is 2. The second kappa shape index (κ2) is 26.2. The van der Waals surface area contributed by atoms with E-state index in [4.69, 9.17) is 23.7 Å². The van der Waals surface area contributed by atoms with Crippen molar-refractivity contribution in [2.45, 2.75) is 163 Å². The summed E-state index contributed by atoms with van der Waals surface area (Å²) in [6.07, 6.45) is 7.68. The van der Waals surface area contributed by atoms with E-state index in [1.54, 1.807) is 16.6 Å². The summed E-state index contributed by atoms with van der Waals surface area (Å²) >= 11 is 0. The Morgan fingerprint density at radius 2 is 1.24 bits per heavy atom. The summed E-state index contributed by atoms with van der Waals surface area (Å²) in [7, 11) is 7.67. The van der Waals surface area contributed by atoms with Crippen LogP contribution in [0.3, 0.4) is 0 Å². The van der Waals surface area contributed by atoms with Crippen molar-refractivity contribution in [2.24, 2.45) is 10.8 Å². The van der Waals surface area contributed by atoms with Crippen LogP contribution in [-0.4, -0.2) is 165 Å². The molecular weight excluding hydrogens is 909 g/mol. The largest absolute Gasteiger partial charge is 0.444 e. The number of amides is 1. The van der Waals surface area contributed by atoms with Crippen molar-refractivity contribution < 1.29 is 46.0 Å². The molecule has 18 heteroatoms. The molecule has 2 aromatic heterocycles. The standard InChI is InChI=1S/C28H46F2N4O4.C23H40F2N4O2.CH4/c1-8-36-19-27(20-37-9-2)12-10-21(11-13-27)24-22(31-34-18-28(29,30)16-23(24)34)17-32(6)14-15-33(7)25(35)38-26(3,4)5;1-5-30-16-22(17-31-6-2)9-7-18(8-10-22)21-19(14-28(4)12-11-26-3)27-29-15-23(24,25)13-20(21)29;/h10H,8-9,11-20H2,1-7H3;18,26H,5-17H2,1-4H3;1H4. The number of carbonyl (C=O) groups excluding carboxylic acids is 1. The van der Waals surface area contributed by atoms with Gasteiger partial charge < -0.3 is 33.9 Å². The lowest BCUT2D eigenvalue weighted by Gasteiger charge is -2.40. The molecule has 0 radical (unpaired) electrons. The predicted octanol–water partition coefficient (Wildman–Crippen LogP) is 9.08. The number of carbonyl (C=O) groups is 1. The number of hydrogen-bond acceptors (Lipinski definition) is 11. The molecule has 0 saturated heterocycles. The first-order valence-corrected chi connectivity index (χ1v) is 25.5. The lowest BCUT2D eigenvalue weighted by molar-refractivity contribution is -0.0396. The molecule has 402 valence electrons. The molecule has 1 amide bonds. The number of likely N-dealkylation sites (N-methyl/N-ethyl adjacent to an activating group) is 4. The van der Waals surface area contributed by atoms with Crippen molar-refractivity contribution in [3.63, 3.8) is 0 Å². The Labute approximate surface area is 417 Å². The molecule has 70 heavy (non-hydrogen) atoms. The van der Waals surface area contributed by atoms with Crippen molar-refractivity contribution in [1.29, 1.82) is 0 Å². The number of nitrogens with one attached hydrogen (secondary N) is 1. The van der Waals surface area contributed by atoms with Crippen LogP contribution >= 0.6 is 0 Å². The zero-order valence-corrected chi connectivity index (χ0v) is 43.9. The maximum absolute atomic E-state index is 14.3. The van der Waals surface area contributed by atoms with Gasteiger partial charge in [0.2, 0.25) is 0 Å². The van der Waals surface area contributed by atoms with E-state index in [1.165, 1.54) is 4.68 Å². The van der Waals surface area contributed by atoms with E-state index >= 15 is 0 Å². The Morgan fingerprint density at radius 1 is 0.743 bits per heavy atom. The number of ether oxygens (including phenoxy) is 5. The Bertz CT molecular complexity index is 1940. The van der Waals surface area contributed by atoms with Crippen molar-refractivity contribution in [2.75, 3.05) is 107 Å². The van der Waals surface area contributed by atoms with E-state index in [2.05, 4.69) is 38.4 Å². The Hall–Kier alpha value is -3.13. The summed E-state index contributed by atoms with van der Waals surface area (Å²) in [4.78, 5) is 18.1. The zero-order valence-electron chi connectivity index (χ0n) is 43.9. The third-order valence-corrected chi connectivity index (χ3v) is 14.0. The van der Waals surface area contributed by atoms with E-state index < -0.39 is 17.4 Å². The van der Waals surface area contributed by atoms with Crippen LogP contribution in [0.15, 0.2) is 6.08 Å². The van der Waals surface area contributed by atoms with E-state index in [9.17, 15) is 22.4 Å². The first-order valence-electron chi connectivity index (χ1n) is 25.5.